The van der Waals surface area contributed by atoms with Crippen molar-refractivity contribution in [3.05, 3.63) is 53.5 Å². The molecule has 1 aliphatic heterocycles. The highest BCUT2D eigenvalue weighted by Crippen LogP contribution is 2.19. The van der Waals surface area contributed by atoms with Crippen LogP contribution in [0.15, 0.2) is 45.9 Å². The molecular weight excluding hydrogens is 385 g/mol. The number of furan rings is 1. The molecule has 2 aromatic rings. The maximum atomic E-state index is 13.4. The molecular formula is C19H24FN3O4S. The molecule has 0 aliphatic carbocycles. The van der Waals surface area contributed by atoms with Crippen LogP contribution in [-0.2, 0) is 16.6 Å². The third kappa shape index (κ3) is 4.60. The number of carbonyl (C=O) groups is 1. The van der Waals surface area contributed by atoms with Gasteiger partial charge >= 0.3 is 0 Å². The number of rotatable bonds is 5. The van der Waals surface area contributed by atoms with Gasteiger partial charge in [0.1, 0.15) is 11.6 Å². The van der Waals surface area contributed by atoms with Crippen LogP contribution in [0.3, 0.4) is 0 Å². The summed E-state index contributed by atoms with van der Waals surface area (Å²) in [6, 6.07) is 8.83. The van der Waals surface area contributed by atoms with Crippen molar-refractivity contribution in [1.29, 1.82) is 0 Å². The minimum atomic E-state index is -3.59. The number of hydrogen-bond donors (Lipinski definition) is 0. The van der Waals surface area contributed by atoms with E-state index in [0.717, 1.165) is 17.3 Å². The van der Waals surface area contributed by atoms with Crippen LogP contribution >= 0.6 is 0 Å². The number of carbonyl (C=O) groups excluding carboxylic acids is 1. The fraction of sp³-hybridized carbons (Fsp3) is 0.421. The van der Waals surface area contributed by atoms with Crippen LogP contribution in [0.1, 0.15) is 22.5 Å². The standard InChI is InChI=1S/C19H24FN3O4S/c1-21(2)28(25,26)18-8-7-17(27-18)14-22-9-4-10-23(12-11-22)19(24)15-5-3-6-16(20)13-15/h3,5-8,13H,4,9-12,14H2,1-2H3. The minimum absolute atomic E-state index is 0.0785. The normalized spacial score (nSPS) is 16.4. The van der Waals surface area contributed by atoms with Gasteiger partial charge in [-0.05, 0) is 36.8 Å². The number of hydrogen-bond acceptors (Lipinski definition) is 5. The van der Waals surface area contributed by atoms with E-state index in [2.05, 4.69) is 4.90 Å². The molecule has 1 saturated heterocycles. The molecule has 1 fully saturated rings. The molecule has 0 unspecified atom stereocenters. The van der Waals surface area contributed by atoms with Gasteiger partial charge in [-0.15, -0.1) is 0 Å². The Morgan fingerprint density at radius 3 is 2.64 bits per heavy atom. The Morgan fingerprint density at radius 1 is 1.14 bits per heavy atom. The van der Waals surface area contributed by atoms with Crippen molar-refractivity contribution in [3.8, 4) is 0 Å². The van der Waals surface area contributed by atoms with Crippen molar-refractivity contribution < 1.29 is 22.0 Å². The molecule has 0 saturated carbocycles. The van der Waals surface area contributed by atoms with Crippen LogP contribution < -0.4 is 0 Å². The van der Waals surface area contributed by atoms with E-state index in [1.807, 2.05) is 0 Å². The molecule has 0 spiro atoms. The van der Waals surface area contributed by atoms with Crippen LogP contribution in [0.25, 0.3) is 0 Å². The highest BCUT2D eigenvalue weighted by atomic mass is 32.2. The lowest BCUT2D eigenvalue weighted by atomic mass is 10.2. The summed E-state index contributed by atoms with van der Waals surface area (Å²) in [7, 11) is -0.684. The lowest BCUT2D eigenvalue weighted by Gasteiger charge is -2.21. The molecule has 2 heterocycles. The SMILES string of the molecule is CN(C)S(=O)(=O)c1ccc(CN2CCCN(C(=O)c3cccc(F)c3)CC2)o1. The Bertz CT molecular complexity index is 942. The van der Waals surface area contributed by atoms with E-state index < -0.39 is 15.8 Å². The molecule has 9 heteroatoms. The molecule has 0 bridgehead atoms. The predicted molar refractivity (Wildman–Crippen MR) is 102 cm³/mol. The zero-order chi connectivity index (χ0) is 20.3. The van der Waals surface area contributed by atoms with Crippen molar-refractivity contribution in [2.24, 2.45) is 0 Å². The van der Waals surface area contributed by atoms with Crippen LogP contribution in [0, 0.1) is 5.82 Å². The zero-order valence-corrected chi connectivity index (χ0v) is 16.8. The summed E-state index contributed by atoms with van der Waals surface area (Å²) in [5, 5.41) is -0.0785. The topological polar surface area (TPSA) is 74.1 Å². The van der Waals surface area contributed by atoms with E-state index in [1.54, 1.807) is 17.0 Å². The molecule has 0 atom stereocenters. The number of sulfonamides is 1. The van der Waals surface area contributed by atoms with E-state index in [9.17, 15) is 17.6 Å². The van der Waals surface area contributed by atoms with E-state index in [4.69, 9.17) is 4.42 Å². The van der Waals surface area contributed by atoms with Gasteiger partial charge in [0.15, 0.2) is 0 Å². The Morgan fingerprint density at radius 2 is 1.93 bits per heavy atom. The van der Waals surface area contributed by atoms with Gasteiger partial charge in [-0.25, -0.2) is 17.1 Å². The summed E-state index contributed by atoms with van der Waals surface area (Å²) in [6.07, 6.45) is 0.768. The second kappa shape index (κ2) is 8.42. The summed E-state index contributed by atoms with van der Waals surface area (Å²) < 4.78 is 44.2. The summed E-state index contributed by atoms with van der Waals surface area (Å²) in [5.74, 6) is -0.0485. The highest BCUT2D eigenvalue weighted by molar-refractivity contribution is 7.88. The summed E-state index contributed by atoms with van der Waals surface area (Å²) in [5.41, 5.74) is 0.345. The molecule has 3 rings (SSSR count). The molecule has 0 N–H and O–H groups in total. The van der Waals surface area contributed by atoms with Crippen LogP contribution in [0.2, 0.25) is 0 Å². The molecule has 152 valence electrons. The maximum Gasteiger partial charge on any atom is 0.275 e. The fourth-order valence-electron chi connectivity index (χ4n) is 3.12. The van der Waals surface area contributed by atoms with E-state index >= 15 is 0 Å². The largest absolute Gasteiger partial charge is 0.447 e. The summed E-state index contributed by atoms with van der Waals surface area (Å²) in [6.45, 7) is 2.94. The van der Waals surface area contributed by atoms with E-state index in [1.165, 1.54) is 38.4 Å². The third-order valence-corrected chi connectivity index (χ3v) is 6.39. The number of nitrogens with zero attached hydrogens (tertiary/aromatic N) is 3. The first kappa shape index (κ1) is 20.5. The van der Waals surface area contributed by atoms with Crippen molar-refractivity contribution in [2.75, 3.05) is 40.3 Å². The maximum absolute atomic E-state index is 13.4. The van der Waals surface area contributed by atoms with E-state index in [0.29, 0.717) is 37.5 Å². The van der Waals surface area contributed by atoms with Crippen LogP contribution in [0.5, 0.6) is 0 Å². The quantitative estimate of drug-likeness (QED) is 0.755. The van der Waals surface area contributed by atoms with E-state index in [-0.39, 0.29) is 11.0 Å². The van der Waals surface area contributed by atoms with Gasteiger partial charge in [0.05, 0.1) is 6.54 Å². The highest BCUT2D eigenvalue weighted by Gasteiger charge is 2.24. The molecule has 28 heavy (non-hydrogen) atoms. The number of benzene rings is 1. The van der Waals surface area contributed by atoms with Crippen molar-refractivity contribution in [3.63, 3.8) is 0 Å². The van der Waals surface area contributed by atoms with Crippen LogP contribution in [-0.4, -0.2) is 68.7 Å². The Hall–Kier alpha value is -2.23. The second-order valence-corrected chi connectivity index (χ2v) is 9.02. The van der Waals surface area contributed by atoms with Crippen molar-refractivity contribution in [1.82, 2.24) is 14.1 Å². The van der Waals surface area contributed by atoms with Gasteiger partial charge in [-0.1, -0.05) is 6.07 Å². The molecule has 7 nitrogen and oxygen atoms in total. The third-order valence-electron chi connectivity index (χ3n) is 4.70. The average molecular weight is 409 g/mol. The zero-order valence-electron chi connectivity index (χ0n) is 16.0. The van der Waals surface area contributed by atoms with Crippen LogP contribution in [0.4, 0.5) is 4.39 Å². The lowest BCUT2D eigenvalue weighted by molar-refractivity contribution is 0.0760. The number of amides is 1. The Labute approximate surface area is 164 Å². The van der Waals surface area contributed by atoms with Gasteiger partial charge in [0.25, 0.3) is 15.9 Å². The molecule has 0 radical (unpaired) electrons. The predicted octanol–water partition coefficient (Wildman–Crippen LogP) is 2.02. The Balaban J connectivity index is 1.62. The van der Waals surface area contributed by atoms with Gasteiger partial charge in [-0.2, -0.15) is 0 Å². The molecule has 1 aromatic carbocycles. The fourth-order valence-corrected chi connectivity index (χ4v) is 3.93. The summed E-state index contributed by atoms with van der Waals surface area (Å²) in [4.78, 5) is 16.4. The van der Waals surface area contributed by atoms with Gasteiger partial charge < -0.3 is 9.32 Å². The first-order valence-corrected chi connectivity index (χ1v) is 10.5. The Kier molecular flexibility index (Phi) is 6.17. The van der Waals surface area contributed by atoms with Crippen molar-refractivity contribution in [2.45, 2.75) is 18.1 Å². The molecule has 1 amide bonds. The second-order valence-electron chi connectivity index (χ2n) is 6.94. The van der Waals surface area contributed by atoms with Crippen molar-refractivity contribution >= 4 is 15.9 Å². The first-order chi connectivity index (χ1) is 13.3. The van der Waals surface area contributed by atoms with Gasteiger partial charge in [0.2, 0.25) is 5.09 Å². The monoisotopic (exact) mass is 409 g/mol. The van der Waals surface area contributed by atoms with Gasteiger partial charge in [-0.3, -0.25) is 9.69 Å². The van der Waals surface area contributed by atoms with Gasteiger partial charge in [0, 0.05) is 45.8 Å². The molecule has 1 aromatic heterocycles. The average Bonchev–Trinajstić information content (AvgIpc) is 3.00. The first-order valence-electron chi connectivity index (χ1n) is 9.06. The minimum Gasteiger partial charge on any atom is -0.447 e. The smallest absolute Gasteiger partial charge is 0.275 e. The number of halogens is 1. The summed E-state index contributed by atoms with van der Waals surface area (Å²) >= 11 is 0. The lowest BCUT2D eigenvalue weighted by Crippen LogP contribution is -2.35. The molecule has 1 aliphatic rings.